The van der Waals surface area contributed by atoms with Crippen LogP contribution >= 0.6 is 0 Å². The number of hydrogen-bond donors (Lipinski definition) is 0. The van der Waals surface area contributed by atoms with Gasteiger partial charge >= 0.3 is 5.97 Å². The molecule has 0 aliphatic carbocycles. The molecule has 1 fully saturated rings. The molecule has 0 radical (unpaired) electrons. The molecule has 0 bridgehead atoms. The Hall–Kier alpha value is -0.610. The molecule has 1 aliphatic heterocycles. The van der Waals surface area contributed by atoms with Gasteiger partial charge in [0.05, 0.1) is 13.2 Å². The van der Waals surface area contributed by atoms with Crippen LogP contribution in [-0.4, -0.2) is 50.3 Å². The van der Waals surface area contributed by atoms with E-state index in [0.717, 1.165) is 6.54 Å². The van der Waals surface area contributed by atoms with Crippen molar-refractivity contribution in [2.75, 3.05) is 27.2 Å². The van der Waals surface area contributed by atoms with Gasteiger partial charge in [-0.1, -0.05) is 0 Å². The summed E-state index contributed by atoms with van der Waals surface area (Å²) in [6.45, 7) is 3.44. The Kier molecular flexibility index (Phi) is 3.05. The van der Waals surface area contributed by atoms with Crippen LogP contribution in [0.2, 0.25) is 0 Å². The molecule has 0 spiro atoms. The fourth-order valence-electron chi connectivity index (χ4n) is 1.42. The Morgan fingerprint density at radius 2 is 2.25 bits per heavy atom. The summed E-state index contributed by atoms with van der Waals surface area (Å²) in [5.41, 5.74) is 0. The highest BCUT2D eigenvalue weighted by Crippen LogP contribution is 2.09. The van der Waals surface area contributed by atoms with Crippen LogP contribution in [0.3, 0.4) is 0 Å². The number of carbonyl (C=O) groups is 1. The van der Waals surface area contributed by atoms with Crippen LogP contribution in [0, 0.1) is 0 Å². The SMILES string of the molecule is COC(=O)[C@@H]1CN(C)C[C@@H](C)O1. The molecule has 0 saturated carbocycles. The van der Waals surface area contributed by atoms with Crippen LogP contribution in [0.4, 0.5) is 0 Å². The molecular weight excluding hydrogens is 158 g/mol. The summed E-state index contributed by atoms with van der Waals surface area (Å²) in [5, 5.41) is 0. The Morgan fingerprint density at radius 3 is 2.75 bits per heavy atom. The minimum absolute atomic E-state index is 0.104. The zero-order chi connectivity index (χ0) is 9.14. The van der Waals surface area contributed by atoms with Gasteiger partial charge in [-0.25, -0.2) is 4.79 Å². The molecule has 4 nitrogen and oxygen atoms in total. The molecule has 1 aliphatic rings. The number of likely N-dealkylation sites (N-methyl/N-ethyl adjacent to an activating group) is 1. The van der Waals surface area contributed by atoms with Gasteiger partial charge < -0.3 is 14.4 Å². The molecule has 12 heavy (non-hydrogen) atoms. The molecular formula is C8H15NO3. The number of methoxy groups -OCH3 is 1. The number of morpholine rings is 1. The Balaban J connectivity index is 2.49. The molecule has 0 aromatic rings. The van der Waals surface area contributed by atoms with E-state index in [9.17, 15) is 4.79 Å². The third-order valence-corrected chi connectivity index (χ3v) is 1.91. The Bertz CT molecular complexity index is 162. The van der Waals surface area contributed by atoms with E-state index in [0.29, 0.717) is 6.54 Å². The largest absolute Gasteiger partial charge is 0.467 e. The summed E-state index contributed by atoms with van der Waals surface area (Å²) in [4.78, 5) is 13.1. The third-order valence-electron chi connectivity index (χ3n) is 1.91. The van der Waals surface area contributed by atoms with Gasteiger partial charge in [-0.05, 0) is 14.0 Å². The molecule has 0 unspecified atom stereocenters. The predicted molar refractivity (Wildman–Crippen MR) is 43.8 cm³/mol. The lowest BCUT2D eigenvalue weighted by Crippen LogP contribution is -2.48. The summed E-state index contributed by atoms with van der Waals surface area (Å²) in [6.07, 6.45) is -0.309. The van der Waals surface area contributed by atoms with Gasteiger partial charge in [0.2, 0.25) is 0 Å². The highest BCUT2D eigenvalue weighted by atomic mass is 16.6. The number of hydrogen-bond acceptors (Lipinski definition) is 4. The van der Waals surface area contributed by atoms with Crippen LogP contribution < -0.4 is 0 Å². The lowest BCUT2D eigenvalue weighted by molar-refractivity contribution is -0.165. The lowest BCUT2D eigenvalue weighted by Gasteiger charge is -2.32. The van der Waals surface area contributed by atoms with Crippen LogP contribution in [-0.2, 0) is 14.3 Å². The van der Waals surface area contributed by atoms with E-state index in [1.165, 1.54) is 7.11 Å². The van der Waals surface area contributed by atoms with Gasteiger partial charge in [-0.2, -0.15) is 0 Å². The summed E-state index contributed by atoms with van der Waals surface area (Å²) < 4.78 is 9.99. The number of esters is 1. The summed E-state index contributed by atoms with van der Waals surface area (Å²) in [5.74, 6) is -0.284. The van der Waals surface area contributed by atoms with E-state index in [1.54, 1.807) is 0 Å². The highest BCUT2D eigenvalue weighted by Gasteiger charge is 2.28. The molecule has 4 heteroatoms. The minimum atomic E-state index is -0.413. The van der Waals surface area contributed by atoms with E-state index in [1.807, 2.05) is 14.0 Å². The van der Waals surface area contributed by atoms with Crippen molar-refractivity contribution in [1.82, 2.24) is 4.90 Å². The van der Waals surface area contributed by atoms with Crippen molar-refractivity contribution in [3.05, 3.63) is 0 Å². The maximum absolute atomic E-state index is 11.1. The van der Waals surface area contributed by atoms with E-state index < -0.39 is 6.10 Å². The van der Waals surface area contributed by atoms with E-state index in [4.69, 9.17) is 4.74 Å². The standard InChI is InChI=1S/C8H15NO3/c1-6-4-9(2)5-7(12-6)8(10)11-3/h6-7H,4-5H2,1-3H3/t6-,7+/m1/s1. The lowest BCUT2D eigenvalue weighted by atomic mass is 10.2. The summed E-state index contributed by atoms with van der Waals surface area (Å²) in [7, 11) is 3.35. The average molecular weight is 173 g/mol. The fraction of sp³-hybridized carbons (Fsp3) is 0.875. The van der Waals surface area contributed by atoms with Crippen molar-refractivity contribution in [2.24, 2.45) is 0 Å². The van der Waals surface area contributed by atoms with Gasteiger partial charge in [-0.15, -0.1) is 0 Å². The van der Waals surface area contributed by atoms with Crippen LogP contribution in [0.15, 0.2) is 0 Å². The quantitative estimate of drug-likeness (QED) is 0.518. The molecule has 1 rings (SSSR count). The van der Waals surface area contributed by atoms with Gasteiger partial charge in [0.25, 0.3) is 0 Å². The normalized spacial score (nSPS) is 31.6. The first kappa shape index (κ1) is 9.48. The minimum Gasteiger partial charge on any atom is -0.467 e. The molecule has 0 aromatic heterocycles. The number of ether oxygens (including phenoxy) is 2. The van der Waals surface area contributed by atoms with Crippen molar-refractivity contribution in [2.45, 2.75) is 19.1 Å². The molecule has 0 amide bonds. The predicted octanol–water partition coefficient (Wildman–Crippen LogP) is -0.122. The average Bonchev–Trinajstić information content (AvgIpc) is 2.01. The van der Waals surface area contributed by atoms with Crippen molar-refractivity contribution in [1.29, 1.82) is 0 Å². The fourth-order valence-corrected chi connectivity index (χ4v) is 1.42. The van der Waals surface area contributed by atoms with Crippen LogP contribution in [0.5, 0.6) is 0 Å². The van der Waals surface area contributed by atoms with Crippen molar-refractivity contribution in [3.63, 3.8) is 0 Å². The van der Waals surface area contributed by atoms with Gasteiger partial charge in [0, 0.05) is 13.1 Å². The van der Waals surface area contributed by atoms with Crippen molar-refractivity contribution < 1.29 is 14.3 Å². The van der Waals surface area contributed by atoms with Gasteiger partial charge in [0.1, 0.15) is 0 Å². The van der Waals surface area contributed by atoms with Crippen molar-refractivity contribution >= 4 is 5.97 Å². The zero-order valence-electron chi connectivity index (χ0n) is 7.74. The highest BCUT2D eigenvalue weighted by molar-refractivity contribution is 5.74. The Labute approximate surface area is 72.4 Å². The summed E-state index contributed by atoms with van der Waals surface area (Å²) >= 11 is 0. The third kappa shape index (κ3) is 2.19. The molecule has 0 aromatic carbocycles. The zero-order valence-corrected chi connectivity index (χ0v) is 7.74. The first-order chi connectivity index (χ1) is 5.63. The molecule has 2 atom stereocenters. The molecule has 1 saturated heterocycles. The van der Waals surface area contributed by atoms with E-state index in [-0.39, 0.29) is 12.1 Å². The maximum Gasteiger partial charge on any atom is 0.336 e. The second kappa shape index (κ2) is 3.87. The molecule has 70 valence electrons. The second-order valence-electron chi connectivity index (χ2n) is 3.18. The van der Waals surface area contributed by atoms with Crippen LogP contribution in [0.1, 0.15) is 6.92 Å². The van der Waals surface area contributed by atoms with E-state index >= 15 is 0 Å². The smallest absolute Gasteiger partial charge is 0.336 e. The summed E-state index contributed by atoms with van der Waals surface area (Å²) in [6, 6.07) is 0. The van der Waals surface area contributed by atoms with Crippen molar-refractivity contribution in [3.8, 4) is 0 Å². The molecule has 1 heterocycles. The molecule has 0 N–H and O–H groups in total. The van der Waals surface area contributed by atoms with Crippen LogP contribution in [0.25, 0.3) is 0 Å². The first-order valence-electron chi connectivity index (χ1n) is 4.05. The second-order valence-corrected chi connectivity index (χ2v) is 3.18. The number of carbonyl (C=O) groups excluding carboxylic acids is 1. The number of nitrogens with zero attached hydrogens (tertiary/aromatic N) is 1. The van der Waals surface area contributed by atoms with Gasteiger partial charge in [0.15, 0.2) is 6.10 Å². The van der Waals surface area contributed by atoms with Gasteiger partial charge in [-0.3, -0.25) is 0 Å². The Morgan fingerprint density at radius 1 is 1.58 bits per heavy atom. The number of rotatable bonds is 1. The monoisotopic (exact) mass is 173 g/mol. The van der Waals surface area contributed by atoms with E-state index in [2.05, 4.69) is 9.64 Å². The maximum atomic E-state index is 11.1. The first-order valence-corrected chi connectivity index (χ1v) is 4.05. The topological polar surface area (TPSA) is 38.8 Å².